The number of fused-ring (bicyclic) bond motifs is 1. The molecule has 1 aliphatic rings. The van der Waals surface area contributed by atoms with E-state index >= 15 is 0 Å². The molecule has 0 fully saturated rings. The molecular weight excluding hydrogens is 362 g/mol. The van der Waals surface area contributed by atoms with E-state index in [-0.39, 0.29) is 0 Å². The highest BCUT2D eigenvalue weighted by Crippen LogP contribution is 2.53. The zero-order valence-electron chi connectivity index (χ0n) is 14.6. The molecule has 5 nitrogen and oxygen atoms in total. The van der Waals surface area contributed by atoms with Crippen LogP contribution >= 0.6 is 15.9 Å². The van der Waals surface area contributed by atoms with Gasteiger partial charge in [-0.2, -0.15) is 0 Å². The SMILES string of the molecule is Cc1c(Br)c2c(c(C)c1N(C(=O)O)C(C)(C)C)C(O)C(C)(C)O2. The number of carbonyl (C=O) groups is 1. The van der Waals surface area contributed by atoms with Crippen molar-refractivity contribution < 1.29 is 19.7 Å². The number of hydrogen-bond acceptors (Lipinski definition) is 3. The average Bonchev–Trinajstić information content (AvgIpc) is 2.61. The van der Waals surface area contributed by atoms with Gasteiger partial charge in [0.15, 0.2) is 0 Å². The van der Waals surface area contributed by atoms with Crippen molar-refractivity contribution in [3.63, 3.8) is 0 Å². The summed E-state index contributed by atoms with van der Waals surface area (Å²) in [5.41, 5.74) is 1.39. The zero-order valence-corrected chi connectivity index (χ0v) is 16.2. The minimum Gasteiger partial charge on any atom is -0.483 e. The molecule has 1 heterocycles. The van der Waals surface area contributed by atoms with Gasteiger partial charge >= 0.3 is 6.09 Å². The molecule has 1 atom stereocenters. The second-order valence-electron chi connectivity index (χ2n) is 7.55. The van der Waals surface area contributed by atoms with Crippen molar-refractivity contribution in [2.24, 2.45) is 0 Å². The van der Waals surface area contributed by atoms with Gasteiger partial charge < -0.3 is 14.9 Å². The number of aliphatic hydroxyl groups is 1. The smallest absolute Gasteiger partial charge is 0.412 e. The molecule has 1 aliphatic heterocycles. The van der Waals surface area contributed by atoms with E-state index in [4.69, 9.17) is 4.74 Å². The third-order valence-electron chi connectivity index (χ3n) is 4.27. The lowest BCUT2D eigenvalue weighted by Crippen LogP contribution is -2.46. The maximum absolute atomic E-state index is 11.9. The van der Waals surface area contributed by atoms with E-state index in [1.807, 2.05) is 48.5 Å². The van der Waals surface area contributed by atoms with E-state index < -0.39 is 23.3 Å². The lowest BCUT2D eigenvalue weighted by Gasteiger charge is -2.36. The summed E-state index contributed by atoms with van der Waals surface area (Å²) in [6.45, 7) is 12.9. The first-order chi connectivity index (χ1) is 10.3. The van der Waals surface area contributed by atoms with Gasteiger partial charge in [-0.15, -0.1) is 0 Å². The average molecular weight is 386 g/mol. The van der Waals surface area contributed by atoms with Crippen molar-refractivity contribution in [2.45, 2.75) is 65.7 Å². The highest BCUT2D eigenvalue weighted by Gasteiger charge is 2.45. The Morgan fingerprint density at radius 1 is 1.26 bits per heavy atom. The fraction of sp³-hybridized carbons (Fsp3) is 0.588. The van der Waals surface area contributed by atoms with Crippen molar-refractivity contribution in [1.29, 1.82) is 0 Å². The van der Waals surface area contributed by atoms with Crippen molar-refractivity contribution in [3.05, 3.63) is 21.2 Å². The standard InChI is InChI=1S/C17H24BrNO4/c1-8-10-13(23-17(6,7)14(10)20)11(18)9(2)12(8)19(15(21)22)16(3,4)5/h14,20H,1-7H3,(H,21,22). The Labute approximate surface area is 145 Å². The quantitative estimate of drug-likeness (QED) is 0.743. The van der Waals surface area contributed by atoms with Gasteiger partial charge in [-0.1, -0.05) is 0 Å². The van der Waals surface area contributed by atoms with Crippen molar-refractivity contribution >= 4 is 27.7 Å². The number of amides is 1. The molecule has 0 radical (unpaired) electrons. The minimum absolute atomic E-state index is 0.593. The molecular formula is C17H24BrNO4. The molecule has 128 valence electrons. The monoisotopic (exact) mass is 385 g/mol. The third kappa shape index (κ3) is 2.72. The Morgan fingerprint density at radius 2 is 1.78 bits per heavy atom. The summed E-state index contributed by atoms with van der Waals surface area (Å²) in [7, 11) is 0. The molecule has 0 saturated heterocycles. The number of ether oxygens (including phenoxy) is 1. The van der Waals surface area contributed by atoms with E-state index in [1.165, 1.54) is 4.90 Å². The van der Waals surface area contributed by atoms with Crippen LogP contribution in [-0.4, -0.2) is 27.4 Å². The molecule has 0 aromatic heterocycles. The van der Waals surface area contributed by atoms with Crippen molar-refractivity contribution in [2.75, 3.05) is 4.90 Å². The van der Waals surface area contributed by atoms with E-state index in [0.29, 0.717) is 21.5 Å². The van der Waals surface area contributed by atoms with Gasteiger partial charge in [-0.3, -0.25) is 4.90 Å². The van der Waals surface area contributed by atoms with Crippen LogP contribution in [0.5, 0.6) is 5.75 Å². The van der Waals surface area contributed by atoms with Crippen LogP contribution in [0.2, 0.25) is 0 Å². The van der Waals surface area contributed by atoms with Gasteiger partial charge in [0.1, 0.15) is 17.5 Å². The predicted octanol–water partition coefficient (Wildman–Crippen LogP) is 4.55. The predicted molar refractivity (Wildman–Crippen MR) is 93.5 cm³/mol. The molecule has 2 rings (SSSR count). The maximum Gasteiger partial charge on any atom is 0.412 e. The molecule has 23 heavy (non-hydrogen) atoms. The summed E-state index contributed by atoms with van der Waals surface area (Å²) in [5, 5.41) is 20.4. The van der Waals surface area contributed by atoms with Crippen molar-refractivity contribution in [3.8, 4) is 5.75 Å². The van der Waals surface area contributed by atoms with Gasteiger partial charge in [-0.05, 0) is 75.5 Å². The molecule has 1 aromatic rings. The number of anilines is 1. The molecule has 1 amide bonds. The lowest BCUT2D eigenvalue weighted by molar-refractivity contribution is 0.000111. The number of nitrogens with zero attached hydrogens (tertiary/aromatic N) is 1. The van der Waals surface area contributed by atoms with Gasteiger partial charge in [-0.25, -0.2) is 4.79 Å². The molecule has 0 bridgehead atoms. The van der Waals surface area contributed by atoms with Crippen LogP contribution in [0.25, 0.3) is 0 Å². The highest BCUT2D eigenvalue weighted by atomic mass is 79.9. The summed E-state index contributed by atoms with van der Waals surface area (Å²) < 4.78 is 6.61. The van der Waals surface area contributed by atoms with Crippen LogP contribution in [0.1, 0.15) is 57.4 Å². The van der Waals surface area contributed by atoms with Gasteiger partial charge in [0.25, 0.3) is 0 Å². The van der Waals surface area contributed by atoms with E-state index in [2.05, 4.69) is 15.9 Å². The van der Waals surface area contributed by atoms with E-state index in [9.17, 15) is 15.0 Å². The van der Waals surface area contributed by atoms with Gasteiger partial charge in [0, 0.05) is 11.1 Å². The van der Waals surface area contributed by atoms with Crippen LogP contribution in [0.15, 0.2) is 4.47 Å². The zero-order chi connectivity index (χ0) is 17.9. The fourth-order valence-corrected chi connectivity index (χ4v) is 3.60. The number of halogens is 1. The number of aliphatic hydroxyl groups excluding tert-OH is 1. The summed E-state index contributed by atoms with van der Waals surface area (Å²) in [6.07, 6.45) is -1.84. The third-order valence-corrected chi connectivity index (χ3v) is 5.23. The summed E-state index contributed by atoms with van der Waals surface area (Å²) in [5.74, 6) is 0.598. The summed E-state index contributed by atoms with van der Waals surface area (Å²) in [6, 6.07) is 0. The number of rotatable bonds is 1. The Balaban J connectivity index is 2.82. The lowest BCUT2D eigenvalue weighted by atomic mass is 9.91. The first kappa shape index (κ1) is 18.1. The topological polar surface area (TPSA) is 70.0 Å². The molecule has 1 aromatic carbocycles. The van der Waals surface area contributed by atoms with E-state index in [1.54, 1.807) is 0 Å². The first-order valence-electron chi connectivity index (χ1n) is 7.53. The van der Waals surface area contributed by atoms with Crippen LogP contribution in [0.3, 0.4) is 0 Å². The van der Waals surface area contributed by atoms with Gasteiger partial charge in [0.2, 0.25) is 0 Å². The van der Waals surface area contributed by atoms with Crippen LogP contribution in [0.4, 0.5) is 10.5 Å². The highest BCUT2D eigenvalue weighted by molar-refractivity contribution is 9.10. The summed E-state index contributed by atoms with van der Waals surface area (Å²) >= 11 is 3.52. The molecule has 2 N–H and O–H groups in total. The second-order valence-corrected chi connectivity index (χ2v) is 8.35. The Morgan fingerprint density at radius 3 is 2.22 bits per heavy atom. The number of carboxylic acid groups (broad SMARTS) is 1. The van der Waals surface area contributed by atoms with Crippen LogP contribution in [0, 0.1) is 13.8 Å². The fourth-order valence-electron chi connectivity index (χ4n) is 3.12. The Kier molecular flexibility index (Phi) is 4.23. The molecule has 1 unspecified atom stereocenters. The molecule has 0 saturated carbocycles. The molecule has 0 aliphatic carbocycles. The van der Waals surface area contributed by atoms with Crippen LogP contribution < -0.4 is 9.64 Å². The number of hydrogen-bond donors (Lipinski definition) is 2. The second kappa shape index (κ2) is 5.38. The Hall–Kier alpha value is -1.27. The normalized spacial score (nSPS) is 19.3. The van der Waals surface area contributed by atoms with Crippen LogP contribution in [-0.2, 0) is 0 Å². The summed E-state index contributed by atoms with van der Waals surface area (Å²) in [4.78, 5) is 13.2. The van der Waals surface area contributed by atoms with Crippen molar-refractivity contribution in [1.82, 2.24) is 0 Å². The van der Waals surface area contributed by atoms with E-state index in [0.717, 1.165) is 11.1 Å². The molecule has 6 heteroatoms. The largest absolute Gasteiger partial charge is 0.483 e. The minimum atomic E-state index is -1.02. The molecule has 0 spiro atoms. The first-order valence-corrected chi connectivity index (χ1v) is 8.32. The number of benzene rings is 1. The van der Waals surface area contributed by atoms with Gasteiger partial charge in [0.05, 0.1) is 10.2 Å². The maximum atomic E-state index is 11.9. The Bertz CT molecular complexity index is 676.